The van der Waals surface area contributed by atoms with Crippen molar-refractivity contribution in [2.45, 2.75) is 4.90 Å². The average molecular weight is 416 g/mol. The minimum atomic E-state index is -3.71. The minimum Gasteiger partial charge on any atom is -0.273 e. The summed E-state index contributed by atoms with van der Waals surface area (Å²) in [6.07, 6.45) is 0. The smallest absolute Gasteiger partial charge is 0.253 e. The van der Waals surface area contributed by atoms with Gasteiger partial charge in [0.1, 0.15) is 11.3 Å². The third kappa shape index (κ3) is 4.04. The molecular formula is C15H11Cl2N3O3S2. The molecule has 0 radical (unpaired) electrons. The highest BCUT2D eigenvalue weighted by atomic mass is 35.5. The maximum absolute atomic E-state index is 12.1. The number of hydrogen-bond donors (Lipinski definition) is 2. The van der Waals surface area contributed by atoms with Gasteiger partial charge in [-0.25, -0.2) is 13.4 Å². The molecule has 0 fully saturated rings. The summed E-state index contributed by atoms with van der Waals surface area (Å²) in [5.41, 5.74) is 5.41. The molecule has 0 aliphatic heterocycles. The molecule has 0 unspecified atom stereocenters. The Morgan fingerprint density at radius 3 is 2.44 bits per heavy atom. The highest BCUT2D eigenvalue weighted by Gasteiger charge is 2.19. The molecule has 2 N–H and O–H groups in total. The number of sulfone groups is 1. The Balaban J connectivity index is 1.69. The van der Waals surface area contributed by atoms with Crippen LogP contribution in [0.3, 0.4) is 0 Å². The second-order valence-electron chi connectivity index (χ2n) is 4.97. The van der Waals surface area contributed by atoms with E-state index in [1.54, 1.807) is 30.3 Å². The summed E-state index contributed by atoms with van der Waals surface area (Å²) in [5.74, 6) is -1.39. The van der Waals surface area contributed by atoms with Crippen LogP contribution in [0.2, 0.25) is 10.0 Å². The number of halogens is 2. The third-order valence-corrected chi connectivity index (χ3v) is 6.55. The molecule has 1 heterocycles. The number of nitrogens with one attached hydrogen (secondary N) is 2. The lowest BCUT2D eigenvalue weighted by Gasteiger charge is -2.06. The van der Waals surface area contributed by atoms with E-state index in [1.807, 2.05) is 0 Å². The van der Waals surface area contributed by atoms with Crippen molar-refractivity contribution >= 4 is 65.6 Å². The number of hydrogen-bond acceptors (Lipinski definition) is 6. The Morgan fingerprint density at radius 1 is 1.08 bits per heavy atom. The molecule has 3 aromatic rings. The van der Waals surface area contributed by atoms with Crippen molar-refractivity contribution in [3.8, 4) is 0 Å². The number of fused-ring (bicyclic) bond motifs is 1. The summed E-state index contributed by atoms with van der Waals surface area (Å²) in [6, 6.07) is 11.0. The van der Waals surface area contributed by atoms with E-state index < -0.39 is 21.5 Å². The molecule has 10 heteroatoms. The van der Waals surface area contributed by atoms with Gasteiger partial charge < -0.3 is 0 Å². The van der Waals surface area contributed by atoms with E-state index in [0.29, 0.717) is 25.4 Å². The van der Waals surface area contributed by atoms with Crippen LogP contribution in [0.1, 0.15) is 0 Å². The van der Waals surface area contributed by atoms with Gasteiger partial charge in [-0.15, -0.1) is 0 Å². The number of amides is 1. The van der Waals surface area contributed by atoms with Gasteiger partial charge in [0.2, 0.25) is 5.13 Å². The van der Waals surface area contributed by atoms with E-state index >= 15 is 0 Å². The zero-order valence-electron chi connectivity index (χ0n) is 12.5. The molecule has 1 amide bonds. The monoisotopic (exact) mass is 415 g/mol. The van der Waals surface area contributed by atoms with Crippen molar-refractivity contribution in [1.82, 2.24) is 10.4 Å². The maximum Gasteiger partial charge on any atom is 0.253 e. The van der Waals surface area contributed by atoms with Crippen LogP contribution in [0.15, 0.2) is 47.4 Å². The number of rotatable bonds is 5. The van der Waals surface area contributed by atoms with E-state index in [4.69, 9.17) is 23.2 Å². The second kappa shape index (κ2) is 7.17. The zero-order chi connectivity index (χ0) is 18.0. The highest BCUT2D eigenvalue weighted by molar-refractivity contribution is 7.92. The summed E-state index contributed by atoms with van der Waals surface area (Å²) < 4.78 is 25.0. The van der Waals surface area contributed by atoms with Crippen LogP contribution in [0, 0.1) is 0 Å². The predicted octanol–water partition coefficient (Wildman–Crippen LogP) is 3.52. The maximum atomic E-state index is 12.1. The van der Waals surface area contributed by atoms with Crippen molar-refractivity contribution in [3.05, 3.63) is 52.5 Å². The number of aromatic nitrogens is 1. The normalized spacial score (nSPS) is 11.4. The predicted molar refractivity (Wildman–Crippen MR) is 99.9 cm³/mol. The molecule has 0 atom stereocenters. The van der Waals surface area contributed by atoms with Gasteiger partial charge in [-0.2, -0.15) is 0 Å². The lowest BCUT2D eigenvalue weighted by molar-refractivity contribution is -0.118. The highest BCUT2D eigenvalue weighted by Crippen LogP contribution is 2.35. The first-order valence-electron chi connectivity index (χ1n) is 6.94. The lowest BCUT2D eigenvalue weighted by atomic mass is 10.3. The molecule has 0 aliphatic rings. The van der Waals surface area contributed by atoms with Gasteiger partial charge in [0.15, 0.2) is 9.84 Å². The van der Waals surface area contributed by atoms with Gasteiger partial charge in [-0.1, -0.05) is 52.7 Å². The SMILES string of the molecule is O=C(CS(=O)(=O)c1ccccc1)NNc1nc2c(Cl)ccc(Cl)c2s1. The fourth-order valence-corrected chi connectivity index (χ4v) is 4.57. The largest absolute Gasteiger partial charge is 0.273 e. The Morgan fingerprint density at radius 2 is 1.76 bits per heavy atom. The number of hydrazine groups is 1. The van der Waals surface area contributed by atoms with Gasteiger partial charge in [0, 0.05) is 0 Å². The topological polar surface area (TPSA) is 88.2 Å². The molecule has 130 valence electrons. The summed E-state index contributed by atoms with van der Waals surface area (Å²) in [7, 11) is -3.71. The number of anilines is 1. The van der Waals surface area contributed by atoms with Crippen LogP contribution < -0.4 is 10.9 Å². The van der Waals surface area contributed by atoms with Crippen molar-refractivity contribution in [3.63, 3.8) is 0 Å². The van der Waals surface area contributed by atoms with Crippen LogP contribution in [-0.4, -0.2) is 25.1 Å². The van der Waals surface area contributed by atoms with Crippen molar-refractivity contribution in [1.29, 1.82) is 0 Å². The molecule has 1 aromatic heterocycles. The first kappa shape index (κ1) is 17.9. The Labute approximate surface area is 157 Å². The summed E-state index contributed by atoms with van der Waals surface area (Å²) in [5, 5.41) is 1.26. The molecule has 0 aliphatic carbocycles. The number of benzene rings is 2. The summed E-state index contributed by atoms with van der Waals surface area (Å²) in [6.45, 7) is 0. The molecule has 3 rings (SSSR count). The molecule has 6 nitrogen and oxygen atoms in total. The Hall–Kier alpha value is -1.87. The van der Waals surface area contributed by atoms with Crippen molar-refractivity contribution in [2.75, 3.05) is 11.2 Å². The fourth-order valence-electron chi connectivity index (χ4n) is 2.04. The number of nitrogens with zero attached hydrogens (tertiary/aromatic N) is 1. The van der Waals surface area contributed by atoms with Crippen molar-refractivity contribution < 1.29 is 13.2 Å². The fraction of sp³-hybridized carbons (Fsp3) is 0.0667. The summed E-state index contributed by atoms with van der Waals surface area (Å²) >= 11 is 13.3. The van der Waals surface area contributed by atoms with Crippen LogP contribution in [0.4, 0.5) is 5.13 Å². The van der Waals surface area contributed by atoms with E-state index in [1.165, 1.54) is 23.5 Å². The van der Waals surface area contributed by atoms with Crippen LogP contribution in [-0.2, 0) is 14.6 Å². The average Bonchev–Trinajstić information content (AvgIpc) is 3.03. The molecule has 0 spiro atoms. The lowest BCUT2D eigenvalue weighted by Crippen LogP contribution is -2.34. The van der Waals surface area contributed by atoms with Crippen molar-refractivity contribution in [2.24, 2.45) is 0 Å². The Bertz CT molecular complexity index is 998. The summed E-state index contributed by atoms with van der Waals surface area (Å²) in [4.78, 5) is 16.2. The Kier molecular flexibility index (Phi) is 5.14. The van der Waals surface area contributed by atoms with Gasteiger partial charge in [0.05, 0.1) is 19.6 Å². The third-order valence-electron chi connectivity index (χ3n) is 3.18. The minimum absolute atomic E-state index is 0.0868. The van der Waals surface area contributed by atoms with Crippen LogP contribution in [0.25, 0.3) is 10.2 Å². The van der Waals surface area contributed by atoms with Crippen LogP contribution >= 0.6 is 34.5 Å². The van der Waals surface area contributed by atoms with Crippen LogP contribution in [0.5, 0.6) is 0 Å². The number of carbonyl (C=O) groups is 1. The molecule has 0 saturated heterocycles. The molecular weight excluding hydrogens is 405 g/mol. The van der Waals surface area contributed by atoms with E-state index in [2.05, 4.69) is 15.8 Å². The molecule has 2 aromatic carbocycles. The second-order valence-corrected chi connectivity index (χ2v) is 8.77. The van der Waals surface area contributed by atoms with Gasteiger partial charge in [-0.05, 0) is 24.3 Å². The quantitative estimate of drug-likeness (QED) is 0.622. The molecule has 25 heavy (non-hydrogen) atoms. The zero-order valence-corrected chi connectivity index (χ0v) is 15.6. The standard InChI is InChI=1S/C15H11Cl2N3O3S2/c16-10-6-7-11(17)14-13(10)18-15(24-14)20-19-12(21)8-25(22,23)9-4-2-1-3-5-9/h1-7H,8H2,(H,18,20)(H,19,21). The molecule has 0 bridgehead atoms. The number of thiazole rings is 1. The van der Waals surface area contributed by atoms with E-state index in [9.17, 15) is 13.2 Å². The first-order chi connectivity index (χ1) is 11.9. The first-order valence-corrected chi connectivity index (χ1v) is 10.2. The van der Waals surface area contributed by atoms with Gasteiger partial charge >= 0.3 is 0 Å². The van der Waals surface area contributed by atoms with Gasteiger partial charge in [0.25, 0.3) is 5.91 Å². The van der Waals surface area contributed by atoms with E-state index in [-0.39, 0.29) is 4.90 Å². The van der Waals surface area contributed by atoms with Gasteiger partial charge in [-0.3, -0.25) is 15.6 Å². The molecule has 0 saturated carbocycles. The van der Waals surface area contributed by atoms with E-state index in [0.717, 1.165) is 0 Å². The number of carbonyl (C=O) groups excluding carboxylic acids is 1.